The van der Waals surface area contributed by atoms with E-state index in [0.29, 0.717) is 23.8 Å². The van der Waals surface area contributed by atoms with Crippen LogP contribution in [0.2, 0.25) is 0 Å². The van der Waals surface area contributed by atoms with Gasteiger partial charge < -0.3 is 10.5 Å². The maximum Gasteiger partial charge on any atom is 0.416 e. The Morgan fingerprint density at radius 1 is 1.00 bits per heavy atom. The molecule has 0 spiro atoms. The molecule has 4 rings (SSSR count). The Kier molecular flexibility index (Phi) is 6.33. The molecule has 1 aliphatic heterocycles. The van der Waals surface area contributed by atoms with Crippen molar-refractivity contribution >= 4 is 23.2 Å². The minimum atomic E-state index is -4.69. The molecular formula is C24H16F5N3O3. The molecular weight excluding hydrogens is 473 g/mol. The summed E-state index contributed by atoms with van der Waals surface area (Å²) in [5.74, 6) is -2.52. The number of Topliss-reactive ketones (excluding diaryl/α,β-unsaturated/α-hetero) is 2. The van der Waals surface area contributed by atoms with Crippen molar-refractivity contribution in [2.24, 2.45) is 10.7 Å². The van der Waals surface area contributed by atoms with Gasteiger partial charge in [-0.2, -0.15) is 13.2 Å². The molecule has 0 bridgehead atoms. The standard InChI is InChI=1S/C24H16F5N3O3/c25-18-4-2-14(24(27,28)29)7-13(18)9-15(33)8-12-1-3-16(10-19(12)26)35-21-5-6-31-23-17(21)11-20(34)22(30)32-23/h1-7,10H,8-9,11H2,(H2,30,31,32). The first-order chi connectivity index (χ1) is 16.5. The normalized spacial score (nSPS) is 13.3. The molecule has 0 saturated heterocycles. The number of halogens is 5. The number of nitrogens with zero attached hydrogens (tertiary/aromatic N) is 2. The summed E-state index contributed by atoms with van der Waals surface area (Å²) in [5, 5.41) is 0. The van der Waals surface area contributed by atoms with Gasteiger partial charge in [-0.05, 0) is 41.5 Å². The fourth-order valence-electron chi connectivity index (χ4n) is 3.49. The van der Waals surface area contributed by atoms with Crippen molar-refractivity contribution in [3.8, 4) is 11.5 Å². The monoisotopic (exact) mass is 489 g/mol. The Bertz CT molecular complexity index is 1370. The van der Waals surface area contributed by atoms with Gasteiger partial charge in [0.25, 0.3) is 0 Å². The minimum Gasteiger partial charge on any atom is -0.457 e. The van der Waals surface area contributed by atoms with Crippen LogP contribution in [0.3, 0.4) is 0 Å². The molecule has 2 heterocycles. The van der Waals surface area contributed by atoms with Gasteiger partial charge in [-0.15, -0.1) is 0 Å². The lowest BCUT2D eigenvalue weighted by atomic mass is 10.00. The lowest BCUT2D eigenvalue weighted by Gasteiger charge is -2.16. The number of nitrogens with two attached hydrogens (primary N) is 1. The highest BCUT2D eigenvalue weighted by atomic mass is 19.4. The summed E-state index contributed by atoms with van der Waals surface area (Å²) in [4.78, 5) is 32.1. The zero-order valence-electron chi connectivity index (χ0n) is 17.8. The van der Waals surface area contributed by atoms with Crippen molar-refractivity contribution in [1.29, 1.82) is 0 Å². The van der Waals surface area contributed by atoms with Gasteiger partial charge in [-0.25, -0.2) is 18.8 Å². The first-order valence-electron chi connectivity index (χ1n) is 10.2. The Labute approximate surface area is 195 Å². The maximum atomic E-state index is 14.6. The highest BCUT2D eigenvalue weighted by Crippen LogP contribution is 2.34. The van der Waals surface area contributed by atoms with E-state index in [1.54, 1.807) is 0 Å². The van der Waals surface area contributed by atoms with Gasteiger partial charge in [0.2, 0.25) is 5.78 Å². The lowest BCUT2D eigenvalue weighted by molar-refractivity contribution is -0.137. The molecule has 6 nitrogen and oxygen atoms in total. The second-order valence-electron chi connectivity index (χ2n) is 7.76. The van der Waals surface area contributed by atoms with E-state index in [0.717, 1.165) is 6.07 Å². The predicted molar refractivity (Wildman–Crippen MR) is 115 cm³/mol. The number of alkyl halides is 3. The second-order valence-corrected chi connectivity index (χ2v) is 7.76. The fourth-order valence-corrected chi connectivity index (χ4v) is 3.49. The zero-order valence-corrected chi connectivity index (χ0v) is 17.8. The smallest absolute Gasteiger partial charge is 0.416 e. The van der Waals surface area contributed by atoms with Gasteiger partial charge in [0.15, 0.2) is 11.7 Å². The Morgan fingerprint density at radius 2 is 1.74 bits per heavy atom. The molecule has 0 saturated carbocycles. The molecule has 0 fully saturated rings. The van der Waals surface area contributed by atoms with Crippen LogP contribution in [-0.4, -0.2) is 22.4 Å². The van der Waals surface area contributed by atoms with Gasteiger partial charge in [-0.1, -0.05) is 6.07 Å². The molecule has 0 amide bonds. The van der Waals surface area contributed by atoms with Crippen LogP contribution in [0.5, 0.6) is 11.5 Å². The molecule has 1 aromatic heterocycles. The molecule has 0 atom stereocenters. The molecule has 11 heteroatoms. The van der Waals surface area contributed by atoms with E-state index < -0.39 is 53.3 Å². The number of fused-ring (bicyclic) bond motifs is 1. The summed E-state index contributed by atoms with van der Waals surface area (Å²) in [6.07, 6.45) is -4.48. The van der Waals surface area contributed by atoms with E-state index >= 15 is 0 Å². The first kappa shape index (κ1) is 24.0. The van der Waals surface area contributed by atoms with Crippen molar-refractivity contribution in [1.82, 2.24) is 4.98 Å². The molecule has 2 aromatic carbocycles. The third-order valence-electron chi connectivity index (χ3n) is 5.24. The Balaban J connectivity index is 1.48. The first-order valence-corrected chi connectivity index (χ1v) is 10.2. The van der Waals surface area contributed by atoms with Crippen LogP contribution in [0.15, 0.2) is 53.7 Å². The molecule has 2 N–H and O–H groups in total. The van der Waals surface area contributed by atoms with Crippen molar-refractivity contribution in [2.45, 2.75) is 25.4 Å². The number of benzene rings is 2. The van der Waals surface area contributed by atoms with E-state index in [4.69, 9.17) is 10.5 Å². The highest BCUT2D eigenvalue weighted by Gasteiger charge is 2.31. The summed E-state index contributed by atoms with van der Waals surface area (Å²) >= 11 is 0. The van der Waals surface area contributed by atoms with Crippen molar-refractivity contribution in [3.05, 3.63) is 82.5 Å². The molecule has 3 aromatic rings. The topological polar surface area (TPSA) is 94.6 Å². The largest absolute Gasteiger partial charge is 0.457 e. The number of aromatic nitrogens is 1. The quantitative estimate of drug-likeness (QED) is 0.509. The number of rotatable bonds is 6. The second kappa shape index (κ2) is 9.24. The number of carbonyl (C=O) groups excluding carboxylic acids is 2. The van der Waals surface area contributed by atoms with Crippen molar-refractivity contribution in [2.75, 3.05) is 0 Å². The summed E-state index contributed by atoms with van der Waals surface area (Å²) in [6, 6.07) is 6.94. The van der Waals surface area contributed by atoms with E-state index in [1.807, 2.05) is 0 Å². The fraction of sp³-hybridized carbons (Fsp3) is 0.167. The predicted octanol–water partition coefficient (Wildman–Crippen LogP) is 4.64. The number of hydrogen-bond donors (Lipinski definition) is 1. The van der Waals surface area contributed by atoms with E-state index in [9.17, 15) is 31.5 Å². The number of carbonyl (C=O) groups is 2. The third kappa shape index (κ3) is 5.34. The summed E-state index contributed by atoms with van der Waals surface area (Å²) in [7, 11) is 0. The molecule has 180 valence electrons. The SMILES string of the molecule is NC1=Nc2nccc(Oc3ccc(CC(=O)Cc4cc(C(F)(F)F)ccc4F)c(F)c3)c2CC1=O. The lowest BCUT2D eigenvalue weighted by Crippen LogP contribution is -2.28. The highest BCUT2D eigenvalue weighted by molar-refractivity contribution is 6.40. The molecule has 35 heavy (non-hydrogen) atoms. The molecule has 0 aliphatic carbocycles. The molecule has 0 radical (unpaired) electrons. The van der Waals surface area contributed by atoms with Crippen molar-refractivity contribution < 1.29 is 36.3 Å². The Hall–Kier alpha value is -4.15. The third-order valence-corrected chi connectivity index (χ3v) is 5.24. The van der Waals surface area contributed by atoms with Gasteiger partial charge >= 0.3 is 6.18 Å². The number of ether oxygens (including phenoxy) is 1. The van der Waals surface area contributed by atoms with Gasteiger partial charge in [0.1, 0.15) is 28.9 Å². The number of amidine groups is 1. The van der Waals surface area contributed by atoms with Gasteiger partial charge in [0, 0.05) is 37.1 Å². The minimum absolute atomic E-state index is 0.0426. The van der Waals surface area contributed by atoms with Gasteiger partial charge in [-0.3, -0.25) is 9.59 Å². The average molecular weight is 489 g/mol. The molecule has 1 aliphatic rings. The van der Waals surface area contributed by atoms with Crippen LogP contribution in [0.25, 0.3) is 0 Å². The van der Waals surface area contributed by atoms with E-state index in [2.05, 4.69) is 9.98 Å². The van der Waals surface area contributed by atoms with E-state index in [1.165, 1.54) is 24.4 Å². The summed E-state index contributed by atoms with van der Waals surface area (Å²) in [6.45, 7) is 0. The molecule has 0 unspecified atom stereocenters. The number of pyridine rings is 1. The van der Waals surface area contributed by atoms with E-state index in [-0.39, 0.29) is 35.1 Å². The Morgan fingerprint density at radius 3 is 2.46 bits per heavy atom. The summed E-state index contributed by atoms with van der Waals surface area (Å²) in [5.41, 5.74) is 4.36. The van der Waals surface area contributed by atoms with Crippen molar-refractivity contribution in [3.63, 3.8) is 0 Å². The number of ketones is 2. The summed E-state index contributed by atoms with van der Waals surface area (Å²) < 4.78 is 72.8. The van der Waals surface area contributed by atoms with Crippen LogP contribution in [-0.2, 0) is 35.0 Å². The maximum absolute atomic E-state index is 14.6. The average Bonchev–Trinajstić information content (AvgIpc) is 2.78. The van der Waals surface area contributed by atoms with Crippen LogP contribution >= 0.6 is 0 Å². The van der Waals surface area contributed by atoms with Crippen LogP contribution in [0.4, 0.5) is 27.8 Å². The number of aliphatic imine (C=N–C) groups is 1. The van der Waals surface area contributed by atoms with Gasteiger partial charge in [0.05, 0.1) is 5.56 Å². The van der Waals surface area contributed by atoms with Crippen LogP contribution in [0, 0.1) is 11.6 Å². The zero-order chi connectivity index (χ0) is 25.3. The number of hydrogen-bond acceptors (Lipinski definition) is 6. The van der Waals surface area contributed by atoms with Crippen LogP contribution < -0.4 is 10.5 Å². The van der Waals surface area contributed by atoms with Crippen LogP contribution in [0.1, 0.15) is 22.3 Å².